The quantitative estimate of drug-likeness (QED) is 0.817. The Morgan fingerprint density at radius 2 is 2.24 bits per heavy atom. The molecule has 2 aromatic rings. The van der Waals surface area contributed by atoms with Crippen LogP contribution < -0.4 is 5.32 Å². The minimum absolute atomic E-state index is 0.0294. The molecule has 1 atom stereocenters. The average molecular weight is 361 g/mol. The van der Waals surface area contributed by atoms with Crippen molar-refractivity contribution in [3.63, 3.8) is 0 Å². The summed E-state index contributed by atoms with van der Waals surface area (Å²) in [6.45, 7) is 4.19. The summed E-state index contributed by atoms with van der Waals surface area (Å²) in [6, 6.07) is 0.0294. The maximum absolute atomic E-state index is 12.0. The van der Waals surface area contributed by atoms with Crippen molar-refractivity contribution in [1.29, 1.82) is 0 Å². The summed E-state index contributed by atoms with van der Waals surface area (Å²) in [6.07, 6.45) is 1.83. The Balaban J connectivity index is 2.12. The molecule has 0 radical (unpaired) electrons. The second-order valence-electron chi connectivity index (χ2n) is 3.94. The van der Waals surface area contributed by atoms with Gasteiger partial charge in [-0.25, -0.2) is 0 Å². The molecular formula is C11H13N3OSe2. The molecule has 0 aliphatic heterocycles. The van der Waals surface area contributed by atoms with Crippen molar-refractivity contribution >= 4 is 34.9 Å². The molecule has 0 aliphatic carbocycles. The standard InChI is InChI=1S/C11H13N3OSe2/c1-7(2)9(11-12-3-4-17-11)14-10(15)8-5-16-6-13-8/h3-7,9H,1-2H3,(H,14,15)/t9-/m0/s1. The van der Waals surface area contributed by atoms with Gasteiger partial charge in [-0.2, -0.15) is 0 Å². The van der Waals surface area contributed by atoms with Gasteiger partial charge in [0.25, 0.3) is 0 Å². The molecule has 0 aromatic carbocycles. The van der Waals surface area contributed by atoms with Gasteiger partial charge in [0.1, 0.15) is 0 Å². The van der Waals surface area contributed by atoms with Crippen molar-refractivity contribution in [2.75, 3.05) is 0 Å². The molecule has 1 amide bonds. The zero-order valence-electron chi connectivity index (χ0n) is 9.58. The first-order chi connectivity index (χ1) is 8.18. The summed E-state index contributed by atoms with van der Waals surface area (Å²) >= 11 is 0.524. The fourth-order valence-corrected chi connectivity index (χ4v) is 4.36. The maximum atomic E-state index is 12.0. The number of nitrogens with zero attached hydrogens (tertiary/aromatic N) is 2. The normalized spacial score (nSPS) is 12.6. The predicted molar refractivity (Wildman–Crippen MR) is 67.4 cm³/mol. The SMILES string of the molecule is CC(C)[C@H](NC(=O)c1c[se]cn1)c1ncc[se]1. The molecule has 1 N–H and O–H groups in total. The Bertz CT molecular complexity index is 465. The van der Waals surface area contributed by atoms with E-state index in [1.165, 1.54) is 0 Å². The molecular weight excluding hydrogens is 348 g/mol. The first-order valence-electron chi connectivity index (χ1n) is 5.27. The van der Waals surface area contributed by atoms with Crippen LogP contribution >= 0.6 is 0 Å². The topological polar surface area (TPSA) is 54.9 Å². The van der Waals surface area contributed by atoms with Gasteiger partial charge in [-0.1, -0.05) is 0 Å². The fourth-order valence-electron chi connectivity index (χ4n) is 1.44. The number of hydrogen-bond acceptors (Lipinski definition) is 3. The van der Waals surface area contributed by atoms with Gasteiger partial charge < -0.3 is 0 Å². The Morgan fingerprint density at radius 1 is 1.41 bits per heavy atom. The molecule has 0 unspecified atom stereocenters. The molecule has 4 nitrogen and oxygen atoms in total. The van der Waals surface area contributed by atoms with E-state index in [1.807, 2.05) is 16.2 Å². The van der Waals surface area contributed by atoms with Crippen LogP contribution in [0.15, 0.2) is 21.1 Å². The molecule has 2 rings (SSSR count). The van der Waals surface area contributed by atoms with Crippen LogP contribution in [0.5, 0.6) is 0 Å². The van der Waals surface area contributed by atoms with E-state index in [2.05, 4.69) is 34.1 Å². The van der Waals surface area contributed by atoms with Crippen LogP contribution in [0.3, 0.4) is 0 Å². The molecule has 6 heteroatoms. The molecule has 0 fully saturated rings. The van der Waals surface area contributed by atoms with Crippen LogP contribution in [-0.2, 0) is 0 Å². The van der Waals surface area contributed by atoms with Crippen molar-refractivity contribution in [2.45, 2.75) is 19.9 Å². The summed E-state index contributed by atoms with van der Waals surface area (Å²) < 4.78 is 1.09. The van der Waals surface area contributed by atoms with Crippen LogP contribution in [0.2, 0.25) is 0 Å². The number of nitrogens with one attached hydrogen (secondary N) is 1. The molecule has 2 aromatic heterocycles. The van der Waals surface area contributed by atoms with Gasteiger partial charge in [0.15, 0.2) is 0 Å². The molecule has 90 valence electrons. The van der Waals surface area contributed by atoms with Crippen molar-refractivity contribution in [2.24, 2.45) is 5.92 Å². The molecule has 0 bridgehead atoms. The Morgan fingerprint density at radius 3 is 2.76 bits per heavy atom. The molecule has 0 saturated heterocycles. The third kappa shape index (κ3) is 3.17. The van der Waals surface area contributed by atoms with Crippen LogP contribution in [0.25, 0.3) is 0 Å². The van der Waals surface area contributed by atoms with Gasteiger partial charge in [0.05, 0.1) is 0 Å². The second kappa shape index (κ2) is 5.78. The van der Waals surface area contributed by atoms with Crippen molar-refractivity contribution in [3.05, 3.63) is 31.4 Å². The number of carbonyl (C=O) groups excluding carboxylic acids is 1. The van der Waals surface area contributed by atoms with E-state index in [0.29, 0.717) is 11.6 Å². The summed E-state index contributed by atoms with van der Waals surface area (Å²) in [5, 5.41) is 4.84. The van der Waals surface area contributed by atoms with Crippen LogP contribution in [0.1, 0.15) is 34.9 Å². The summed E-state index contributed by atoms with van der Waals surface area (Å²) in [5.41, 5.74) is 0.551. The molecule has 0 aliphatic rings. The second-order valence-corrected chi connectivity index (χ2v) is 7.39. The average Bonchev–Trinajstić information content (AvgIpc) is 2.97. The van der Waals surface area contributed by atoms with Crippen LogP contribution in [0.4, 0.5) is 0 Å². The van der Waals surface area contributed by atoms with E-state index >= 15 is 0 Å². The molecule has 17 heavy (non-hydrogen) atoms. The van der Waals surface area contributed by atoms with Gasteiger partial charge in [-0.15, -0.1) is 0 Å². The van der Waals surface area contributed by atoms with Gasteiger partial charge in [-0.05, 0) is 0 Å². The van der Waals surface area contributed by atoms with Gasteiger partial charge >= 0.3 is 112 Å². The molecule has 0 saturated carbocycles. The number of aromatic nitrogens is 2. The van der Waals surface area contributed by atoms with Gasteiger partial charge in [0.2, 0.25) is 0 Å². The minimum atomic E-state index is -0.0790. The number of hydrogen-bond donors (Lipinski definition) is 1. The number of rotatable bonds is 4. The zero-order valence-corrected chi connectivity index (χ0v) is 13.0. The first-order valence-corrected chi connectivity index (χ1v) is 9.09. The molecule has 0 spiro atoms. The number of amides is 1. The summed E-state index contributed by atoms with van der Waals surface area (Å²) in [4.78, 5) is 24.3. The van der Waals surface area contributed by atoms with E-state index in [1.54, 1.807) is 0 Å². The van der Waals surface area contributed by atoms with Crippen LogP contribution in [-0.4, -0.2) is 44.9 Å². The Labute approximate surface area is 112 Å². The van der Waals surface area contributed by atoms with Crippen molar-refractivity contribution < 1.29 is 4.79 Å². The van der Waals surface area contributed by atoms with Gasteiger partial charge in [-0.3, -0.25) is 0 Å². The summed E-state index contributed by atoms with van der Waals surface area (Å²) in [7, 11) is 0. The number of carbonyl (C=O) groups is 1. The Hall–Kier alpha value is -0.671. The van der Waals surface area contributed by atoms with Gasteiger partial charge in [0, 0.05) is 0 Å². The van der Waals surface area contributed by atoms with E-state index in [-0.39, 0.29) is 41.0 Å². The fraction of sp³-hybridized carbons (Fsp3) is 0.364. The monoisotopic (exact) mass is 363 g/mol. The first kappa shape index (κ1) is 12.8. The van der Waals surface area contributed by atoms with E-state index in [9.17, 15) is 4.79 Å². The summed E-state index contributed by atoms with van der Waals surface area (Å²) in [5.74, 6) is 0.265. The predicted octanol–water partition coefficient (Wildman–Crippen LogP) is 0.718. The zero-order chi connectivity index (χ0) is 12.3. The van der Waals surface area contributed by atoms with Crippen molar-refractivity contribution in [1.82, 2.24) is 15.3 Å². The third-order valence-corrected chi connectivity index (χ3v) is 5.37. The Kier molecular flexibility index (Phi) is 4.35. The van der Waals surface area contributed by atoms with E-state index in [0.717, 1.165) is 4.57 Å². The van der Waals surface area contributed by atoms with E-state index < -0.39 is 0 Å². The van der Waals surface area contributed by atoms with Crippen molar-refractivity contribution in [3.8, 4) is 0 Å². The molecule has 2 heterocycles. The van der Waals surface area contributed by atoms with Crippen LogP contribution in [0, 0.1) is 5.92 Å². The van der Waals surface area contributed by atoms with E-state index in [4.69, 9.17) is 0 Å². The third-order valence-electron chi connectivity index (χ3n) is 2.34.